The molecular weight excluding hydrogens is 853 g/mol. The Hall–Kier alpha value is -2.11. The predicted octanol–water partition coefficient (Wildman–Crippen LogP) is 20.7. The van der Waals surface area contributed by atoms with E-state index in [4.69, 9.17) is 14.2 Å². The van der Waals surface area contributed by atoms with Gasteiger partial charge in [-0.2, -0.15) is 0 Å². The van der Waals surface area contributed by atoms with Crippen molar-refractivity contribution in [3.8, 4) is 0 Å². The second-order valence-corrected chi connectivity index (χ2v) is 21.0. The highest BCUT2D eigenvalue weighted by Gasteiger charge is 2.19. The molecule has 0 aromatic heterocycles. The maximum atomic E-state index is 12.9. The van der Waals surface area contributed by atoms with Gasteiger partial charge in [-0.1, -0.05) is 295 Å². The molecule has 406 valence electrons. The minimum absolute atomic E-state index is 0.0677. The van der Waals surface area contributed by atoms with Gasteiger partial charge in [-0.25, -0.2) is 0 Å². The van der Waals surface area contributed by atoms with Crippen LogP contribution in [0.15, 0.2) is 24.3 Å². The first-order chi connectivity index (χ1) is 34.0. The van der Waals surface area contributed by atoms with Gasteiger partial charge in [0.2, 0.25) is 0 Å². The largest absolute Gasteiger partial charge is 0.462 e. The summed E-state index contributed by atoms with van der Waals surface area (Å²) in [6, 6.07) is 0. The van der Waals surface area contributed by atoms with Crippen LogP contribution in [0, 0.1) is 0 Å². The second kappa shape index (κ2) is 58.5. The zero-order valence-electron chi connectivity index (χ0n) is 46.6. The van der Waals surface area contributed by atoms with E-state index < -0.39 is 6.10 Å². The monoisotopic (exact) mass is 971 g/mol. The fourth-order valence-electron chi connectivity index (χ4n) is 9.30. The molecule has 0 N–H and O–H groups in total. The Labute approximate surface area is 430 Å². The maximum Gasteiger partial charge on any atom is 0.306 e. The van der Waals surface area contributed by atoms with E-state index in [1.165, 1.54) is 231 Å². The predicted molar refractivity (Wildman–Crippen MR) is 298 cm³/mol. The Morgan fingerprint density at radius 1 is 0.290 bits per heavy atom. The molecule has 0 aliphatic heterocycles. The molecule has 0 saturated heterocycles. The third-order valence-electron chi connectivity index (χ3n) is 14.0. The summed E-state index contributed by atoms with van der Waals surface area (Å²) in [6.07, 6.45) is 68.8. The molecule has 0 aliphatic rings. The van der Waals surface area contributed by atoms with Crippen LogP contribution in [0.4, 0.5) is 0 Å². The third kappa shape index (κ3) is 56.7. The second-order valence-electron chi connectivity index (χ2n) is 21.0. The molecule has 0 radical (unpaired) electrons. The smallest absolute Gasteiger partial charge is 0.306 e. The molecule has 0 spiro atoms. The Bertz CT molecular complexity index is 1110. The molecule has 0 aromatic carbocycles. The van der Waals surface area contributed by atoms with Gasteiger partial charge in [0.25, 0.3) is 0 Å². The lowest BCUT2D eigenvalue weighted by Crippen LogP contribution is -2.30. The van der Waals surface area contributed by atoms with Crippen molar-refractivity contribution in [1.29, 1.82) is 0 Å². The highest BCUT2D eigenvalue weighted by molar-refractivity contribution is 5.71. The molecule has 0 saturated carbocycles. The van der Waals surface area contributed by atoms with Crippen molar-refractivity contribution in [1.82, 2.24) is 0 Å². The summed E-state index contributed by atoms with van der Waals surface area (Å²) in [5, 5.41) is 0. The molecule has 0 rings (SSSR count). The number of hydrogen-bond donors (Lipinski definition) is 0. The average molecular weight is 972 g/mol. The van der Waals surface area contributed by atoms with Gasteiger partial charge in [-0.05, 0) is 51.4 Å². The van der Waals surface area contributed by atoms with Crippen LogP contribution in [-0.4, -0.2) is 37.2 Å². The quantitative estimate of drug-likeness (QED) is 0.0261. The minimum Gasteiger partial charge on any atom is -0.462 e. The van der Waals surface area contributed by atoms with Crippen molar-refractivity contribution >= 4 is 17.9 Å². The topological polar surface area (TPSA) is 78.9 Å². The molecule has 0 bridgehead atoms. The van der Waals surface area contributed by atoms with Crippen LogP contribution in [0.25, 0.3) is 0 Å². The third-order valence-corrected chi connectivity index (χ3v) is 14.0. The number of carbonyl (C=O) groups is 3. The van der Waals surface area contributed by atoms with Crippen LogP contribution in [0.2, 0.25) is 0 Å². The van der Waals surface area contributed by atoms with E-state index >= 15 is 0 Å². The molecule has 0 unspecified atom stereocenters. The number of carbonyl (C=O) groups excluding carboxylic acids is 3. The van der Waals surface area contributed by atoms with Crippen molar-refractivity contribution in [3.63, 3.8) is 0 Å². The summed E-state index contributed by atoms with van der Waals surface area (Å²) in [5.74, 6) is -0.849. The summed E-state index contributed by atoms with van der Waals surface area (Å²) in [6.45, 7) is 6.67. The zero-order chi connectivity index (χ0) is 50.0. The lowest BCUT2D eigenvalue weighted by atomic mass is 10.0. The van der Waals surface area contributed by atoms with Crippen LogP contribution in [0.5, 0.6) is 0 Å². The molecule has 1 atom stereocenters. The van der Waals surface area contributed by atoms with E-state index in [1.807, 2.05) is 0 Å². The molecule has 6 nitrogen and oxygen atoms in total. The SMILES string of the molecule is CCCCC/C=C\C/C=C\CCCCCCCCCC(=O)OC[C@H](COC(=O)CCCCCCCCCCCCCCCCCCCCC)OC(=O)CCCCCCCCCCCCCCCCC. The lowest BCUT2D eigenvalue weighted by molar-refractivity contribution is -0.167. The number of rotatable bonds is 57. The minimum atomic E-state index is -0.770. The zero-order valence-corrected chi connectivity index (χ0v) is 46.6. The van der Waals surface area contributed by atoms with Crippen LogP contribution < -0.4 is 0 Å². The number of hydrogen-bond acceptors (Lipinski definition) is 6. The van der Waals surface area contributed by atoms with Gasteiger partial charge in [0.1, 0.15) is 13.2 Å². The molecular formula is C63H118O6. The molecule has 6 heteroatoms. The molecule has 0 fully saturated rings. The van der Waals surface area contributed by atoms with Gasteiger partial charge < -0.3 is 14.2 Å². The van der Waals surface area contributed by atoms with E-state index in [2.05, 4.69) is 45.1 Å². The van der Waals surface area contributed by atoms with Crippen LogP contribution >= 0.6 is 0 Å². The Kier molecular flexibility index (Phi) is 56.7. The first kappa shape index (κ1) is 66.9. The van der Waals surface area contributed by atoms with Crippen molar-refractivity contribution < 1.29 is 28.6 Å². The Morgan fingerprint density at radius 3 is 0.826 bits per heavy atom. The normalized spacial score (nSPS) is 12.1. The van der Waals surface area contributed by atoms with E-state index in [-0.39, 0.29) is 31.1 Å². The number of unbranched alkanes of at least 4 members (excludes halogenated alkanes) is 42. The van der Waals surface area contributed by atoms with E-state index in [1.54, 1.807) is 0 Å². The highest BCUT2D eigenvalue weighted by Crippen LogP contribution is 2.18. The van der Waals surface area contributed by atoms with Crippen LogP contribution in [-0.2, 0) is 28.6 Å². The van der Waals surface area contributed by atoms with Gasteiger partial charge in [0.15, 0.2) is 6.10 Å². The van der Waals surface area contributed by atoms with Gasteiger partial charge in [-0.15, -0.1) is 0 Å². The van der Waals surface area contributed by atoms with Crippen molar-refractivity contribution in [2.45, 2.75) is 348 Å². The molecule has 0 aromatic rings. The summed E-state index contributed by atoms with van der Waals surface area (Å²) in [5.41, 5.74) is 0. The van der Waals surface area contributed by atoms with Crippen molar-refractivity contribution in [2.24, 2.45) is 0 Å². The van der Waals surface area contributed by atoms with E-state index in [0.29, 0.717) is 19.3 Å². The van der Waals surface area contributed by atoms with Gasteiger partial charge in [0.05, 0.1) is 0 Å². The fraction of sp³-hybridized carbons (Fsp3) is 0.889. The Morgan fingerprint density at radius 2 is 0.522 bits per heavy atom. The standard InChI is InChI=1S/C63H118O6/c1-4-7-10-13-16-19-22-25-28-30-31-33-36-38-41-44-47-50-53-56-62(65)68-59-60(69-63(66)57-54-51-48-45-42-39-34-27-24-21-18-15-12-9-6-3)58-67-61(64)55-52-49-46-43-40-37-35-32-29-26-23-20-17-14-11-8-5-2/h17,20,26,29,60H,4-16,18-19,21-25,27-28,30-59H2,1-3H3/b20-17-,29-26-/t60-/m1/s1. The Balaban J connectivity index is 4.31. The summed E-state index contributed by atoms with van der Waals surface area (Å²) < 4.78 is 16.9. The van der Waals surface area contributed by atoms with E-state index in [0.717, 1.165) is 70.6 Å². The highest BCUT2D eigenvalue weighted by atomic mass is 16.6. The first-order valence-electron chi connectivity index (χ1n) is 30.8. The van der Waals surface area contributed by atoms with Crippen LogP contribution in [0.1, 0.15) is 342 Å². The number of ether oxygens (including phenoxy) is 3. The first-order valence-corrected chi connectivity index (χ1v) is 30.8. The lowest BCUT2D eigenvalue weighted by Gasteiger charge is -2.18. The number of esters is 3. The fourth-order valence-corrected chi connectivity index (χ4v) is 9.30. The van der Waals surface area contributed by atoms with Gasteiger partial charge in [0, 0.05) is 19.3 Å². The van der Waals surface area contributed by atoms with Gasteiger partial charge in [-0.3, -0.25) is 14.4 Å². The van der Waals surface area contributed by atoms with Crippen molar-refractivity contribution in [2.75, 3.05) is 13.2 Å². The van der Waals surface area contributed by atoms with Crippen LogP contribution in [0.3, 0.4) is 0 Å². The molecule has 69 heavy (non-hydrogen) atoms. The summed E-state index contributed by atoms with van der Waals surface area (Å²) in [4.78, 5) is 38.2. The average Bonchev–Trinajstić information content (AvgIpc) is 3.35. The number of allylic oxidation sites excluding steroid dienone is 4. The summed E-state index contributed by atoms with van der Waals surface area (Å²) in [7, 11) is 0. The summed E-state index contributed by atoms with van der Waals surface area (Å²) >= 11 is 0. The maximum absolute atomic E-state index is 12.9. The van der Waals surface area contributed by atoms with E-state index in [9.17, 15) is 14.4 Å². The van der Waals surface area contributed by atoms with Gasteiger partial charge >= 0.3 is 17.9 Å². The molecule has 0 heterocycles. The molecule has 0 amide bonds. The molecule has 0 aliphatic carbocycles. The van der Waals surface area contributed by atoms with Crippen molar-refractivity contribution in [3.05, 3.63) is 24.3 Å².